The molecule has 1 N–H and O–H groups in total. The van der Waals surface area contributed by atoms with Crippen LogP contribution in [0.2, 0.25) is 0 Å². The summed E-state index contributed by atoms with van der Waals surface area (Å²) in [6, 6.07) is 6.00. The van der Waals surface area contributed by atoms with Gasteiger partial charge in [-0.2, -0.15) is 0 Å². The molecule has 16 heavy (non-hydrogen) atoms. The van der Waals surface area contributed by atoms with E-state index in [4.69, 9.17) is 9.47 Å². The highest BCUT2D eigenvalue weighted by molar-refractivity contribution is 5.03. The van der Waals surface area contributed by atoms with Gasteiger partial charge >= 0.3 is 0 Å². The first-order valence-electron chi connectivity index (χ1n) is 5.75. The zero-order valence-electron chi connectivity index (χ0n) is 9.39. The molecule has 88 valence electrons. The Kier molecular flexibility index (Phi) is 4.73. The van der Waals surface area contributed by atoms with Gasteiger partial charge in [0.05, 0.1) is 12.7 Å². The van der Waals surface area contributed by atoms with Crippen LogP contribution in [-0.4, -0.2) is 37.6 Å². The van der Waals surface area contributed by atoms with Crippen LogP contribution in [0.5, 0.6) is 0 Å². The Morgan fingerprint density at radius 1 is 1.44 bits per heavy atom. The molecular formula is C12H18N2O2. The van der Waals surface area contributed by atoms with Gasteiger partial charge in [0.1, 0.15) is 6.79 Å². The van der Waals surface area contributed by atoms with Crippen molar-refractivity contribution in [3.8, 4) is 0 Å². The van der Waals surface area contributed by atoms with E-state index in [1.165, 1.54) is 0 Å². The monoisotopic (exact) mass is 222 g/mol. The molecule has 0 radical (unpaired) electrons. The fourth-order valence-electron chi connectivity index (χ4n) is 1.69. The van der Waals surface area contributed by atoms with Crippen molar-refractivity contribution in [1.29, 1.82) is 0 Å². The maximum absolute atomic E-state index is 5.43. The molecule has 1 aliphatic rings. The molecule has 0 bridgehead atoms. The molecule has 1 fully saturated rings. The van der Waals surface area contributed by atoms with E-state index in [1.807, 2.05) is 24.4 Å². The number of ether oxygens (including phenoxy) is 2. The highest BCUT2D eigenvalue weighted by atomic mass is 16.7. The van der Waals surface area contributed by atoms with Gasteiger partial charge in [0.2, 0.25) is 0 Å². The lowest BCUT2D eigenvalue weighted by molar-refractivity contribution is -0.137. The molecule has 1 saturated heterocycles. The molecule has 1 aliphatic heterocycles. The van der Waals surface area contributed by atoms with Gasteiger partial charge in [-0.1, -0.05) is 6.07 Å². The smallest absolute Gasteiger partial charge is 0.147 e. The van der Waals surface area contributed by atoms with Gasteiger partial charge in [-0.3, -0.25) is 4.98 Å². The van der Waals surface area contributed by atoms with Crippen molar-refractivity contribution in [3.05, 3.63) is 30.1 Å². The zero-order chi connectivity index (χ0) is 11.1. The minimum atomic E-state index is 0.303. The summed E-state index contributed by atoms with van der Waals surface area (Å²) < 4.78 is 10.5. The normalized spacial score (nSPS) is 20.9. The summed E-state index contributed by atoms with van der Waals surface area (Å²) in [4.78, 5) is 4.27. The van der Waals surface area contributed by atoms with Gasteiger partial charge in [-0.05, 0) is 18.6 Å². The first-order valence-corrected chi connectivity index (χ1v) is 5.75. The van der Waals surface area contributed by atoms with E-state index in [2.05, 4.69) is 10.3 Å². The van der Waals surface area contributed by atoms with Crippen LogP contribution in [0.15, 0.2) is 24.4 Å². The standard InChI is InChI=1S/C12H18N2O2/c1-2-6-14-11(3-1)4-7-13-9-12-5-8-15-10-16-12/h1-3,6,12-13H,4-5,7-10H2. The highest BCUT2D eigenvalue weighted by Gasteiger charge is 2.12. The van der Waals surface area contributed by atoms with Gasteiger partial charge < -0.3 is 14.8 Å². The molecule has 0 saturated carbocycles. The van der Waals surface area contributed by atoms with Crippen LogP contribution in [0.4, 0.5) is 0 Å². The van der Waals surface area contributed by atoms with Gasteiger partial charge in [-0.15, -0.1) is 0 Å². The van der Waals surface area contributed by atoms with Crippen LogP contribution < -0.4 is 5.32 Å². The summed E-state index contributed by atoms with van der Waals surface area (Å²) >= 11 is 0. The molecule has 1 aromatic heterocycles. The summed E-state index contributed by atoms with van der Waals surface area (Å²) in [6.07, 6.45) is 4.08. The van der Waals surface area contributed by atoms with Gasteiger partial charge in [-0.25, -0.2) is 0 Å². The zero-order valence-corrected chi connectivity index (χ0v) is 9.39. The van der Waals surface area contributed by atoms with Crippen molar-refractivity contribution >= 4 is 0 Å². The molecule has 4 nitrogen and oxygen atoms in total. The molecule has 0 aliphatic carbocycles. The van der Waals surface area contributed by atoms with E-state index in [0.717, 1.165) is 38.2 Å². The van der Waals surface area contributed by atoms with Gasteiger partial charge in [0.25, 0.3) is 0 Å². The molecule has 2 rings (SSSR count). The molecule has 1 unspecified atom stereocenters. The number of pyridine rings is 1. The van der Waals surface area contributed by atoms with E-state index in [0.29, 0.717) is 12.9 Å². The minimum Gasteiger partial charge on any atom is -0.355 e. The summed E-state index contributed by atoms with van der Waals surface area (Å²) in [5, 5.41) is 3.38. The average molecular weight is 222 g/mol. The third kappa shape index (κ3) is 3.89. The van der Waals surface area contributed by atoms with Gasteiger partial charge in [0.15, 0.2) is 0 Å². The fourth-order valence-corrected chi connectivity index (χ4v) is 1.69. The quantitative estimate of drug-likeness (QED) is 0.754. The highest BCUT2D eigenvalue weighted by Crippen LogP contribution is 2.04. The average Bonchev–Trinajstić information content (AvgIpc) is 2.37. The fraction of sp³-hybridized carbons (Fsp3) is 0.583. The van der Waals surface area contributed by atoms with Crippen molar-refractivity contribution < 1.29 is 9.47 Å². The number of aromatic nitrogens is 1. The lowest BCUT2D eigenvalue weighted by Gasteiger charge is -2.22. The van der Waals surface area contributed by atoms with E-state index in [1.54, 1.807) is 0 Å². The lowest BCUT2D eigenvalue weighted by atomic mass is 10.2. The Morgan fingerprint density at radius 2 is 2.44 bits per heavy atom. The predicted molar refractivity (Wildman–Crippen MR) is 61.1 cm³/mol. The predicted octanol–water partition coefficient (Wildman–Crippen LogP) is 0.977. The second-order valence-corrected chi connectivity index (χ2v) is 3.88. The molecule has 1 aromatic rings. The third-order valence-electron chi connectivity index (χ3n) is 2.63. The van der Waals surface area contributed by atoms with E-state index in [-0.39, 0.29) is 0 Å². The lowest BCUT2D eigenvalue weighted by Crippen LogP contribution is -2.34. The maximum Gasteiger partial charge on any atom is 0.147 e. The number of hydrogen-bond donors (Lipinski definition) is 1. The topological polar surface area (TPSA) is 43.4 Å². The summed E-state index contributed by atoms with van der Waals surface area (Å²) in [5.74, 6) is 0. The summed E-state index contributed by atoms with van der Waals surface area (Å²) in [5.41, 5.74) is 1.13. The van der Waals surface area contributed by atoms with Crippen molar-refractivity contribution in [2.45, 2.75) is 18.9 Å². The van der Waals surface area contributed by atoms with Crippen LogP contribution in [0.1, 0.15) is 12.1 Å². The third-order valence-corrected chi connectivity index (χ3v) is 2.63. The Labute approximate surface area is 96.0 Å². The van der Waals surface area contributed by atoms with Crippen LogP contribution in [0.3, 0.4) is 0 Å². The first-order chi connectivity index (χ1) is 7.95. The van der Waals surface area contributed by atoms with Crippen LogP contribution in [0.25, 0.3) is 0 Å². The Morgan fingerprint density at radius 3 is 3.19 bits per heavy atom. The largest absolute Gasteiger partial charge is 0.355 e. The van der Waals surface area contributed by atoms with Crippen molar-refractivity contribution in [2.75, 3.05) is 26.5 Å². The molecule has 0 amide bonds. The van der Waals surface area contributed by atoms with E-state index >= 15 is 0 Å². The van der Waals surface area contributed by atoms with Crippen molar-refractivity contribution in [3.63, 3.8) is 0 Å². The van der Waals surface area contributed by atoms with Crippen LogP contribution in [0, 0.1) is 0 Å². The van der Waals surface area contributed by atoms with Crippen LogP contribution >= 0.6 is 0 Å². The summed E-state index contributed by atoms with van der Waals surface area (Å²) in [6.45, 7) is 3.09. The molecule has 1 atom stereocenters. The Hall–Kier alpha value is -0.970. The second-order valence-electron chi connectivity index (χ2n) is 3.88. The van der Waals surface area contributed by atoms with E-state index in [9.17, 15) is 0 Å². The van der Waals surface area contributed by atoms with Gasteiger partial charge in [0, 0.05) is 31.4 Å². The molecule has 4 heteroatoms. The molecule has 2 heterocycles. The SMILES string of the molecule is c1ccc(CCNCC2CCOCO2)nc1. The molecule has 0 spiro atoms. The van der Waals surface area contributed by atoms with Crippen molar-refractivity contribution in [2.24, 2.45) is 0 Å². The molecule has 0 aromatic carbocycles. The van der Waals surface area contributed by atoms with Crippen LogP contribution in [-0.2, 0) is 15.9 Å². The Bertz CT molecular complexity index is 286. The number of nitrogens with zero attached hydrogens (tertiary/aromatic N) is 1. The van der Waals surface area contributed by atoms with Crippen molar-refractivity contribution in [1.82, 2.24) is 10.3 Å². The minimum absolute atomic E-state index is 0.303. The number of nitrogens with one attached hydrogen (secondary N) is 1. The maximum atomic E-state index is 5.43. The second kappa shape index (κ2) is 6.58. The number of rotatable bonds is 5. The van der Waals surface area contributed by atoms with E-state index < -0.39 is 0 Å². The first kappa shape index (κ1) is 11.5. The summed E-state index contributed by atoms with van der Waals surface area (Å²) in [7, 11) is 0. The molecular weight excluding hydrogens is 204 g/mol. The number of hydrogen-bond acceptors (Lipinski definition) is 4. The Balaban J connectivity index is 1.58.